The molecule has 0 spiro atoms. The first-order chi connectivity index (χ1) is 14.9. The Balaban J connectivity index is 1.91. The van der Waals surface area contributed by atoms with Crippen molar-refractivity contribution >= 4 is 23.1 Å². The van der Waals surface area contributed by atoms with Gasteiger partial charge in [0.05, 0.1) is 12.2 Å². The van der Waals surface area contributed by atoms with Crippen LogP contribution in [-0.4, -0.2) is 43.6 Å². The van der Waals surface area contributed by atoms with Crippen molar-refractivity contribution in [2.24, 2.45) is 5.92 Å². The van der Waals surface area contributed by atoms with Crippen molar-refractivity contribution in [3.63, 3.8) is 0 Å². The lowest BCUT2D eigenvalue weighted by Crippen LogP contribution is -2.33. The molecule has 0 aromatic heterocycles. The summed E-state index contributed by atoms with van der Waals surface area (Å²) < 4.78 is 24.0. The fourth-order valence-corrected chi connectivity index (χ4v) is 3.19. The van der Waals surface area contributed by atoms with Gasteiger partial charge in [0.2, 0.25) is 0 Å². The fourth-order valence-electron chi connectivity index (χ4n) is 3.19. The first-order valence-corrected chi connectivity index (χ1v) is 10.3. The Hall–Kier alpha value is -3.19. The Morgan fingerprint density at radius 1 is 1.00 bits per heavy atom. The second kappa shape index (κ2) is 10.2. The number of methoxy groups -OCH3 is 1. The maximum Gasteiger partial charge on any atom is 0.278 e. The SMILES string of the molecule is COCCCN1C(=O)C(Nc2ccc(F)cc2)=C(c2ccc(OCC(C)C)cc2)C1=O. The van der Waals surface area contributed by atoms with Crippen LogP contribution < -0.4 is 10.1 Å². The van der Waals surface area contributed by atoms with Crippen molar-refractivity contribution in [2.75, 3.05) is 32.2 Å². The van der Waals surface area contributed by atoms with Crippen LogP contribution in [0.4, 0.5) is 10.1 Å². The van der Waals surface area contributed by atoms with Crippen LogP contribution in [0.2, 0.25) is 0 Å². The molecular weight excluding hydrogens is 399 g/mol. The number of ether oxygens (including phenoxy) is 2. The number of anilines is 1. The number of carbonyl (C=O) groups excluding carboxylic acids is 2. The lowest BCUT2D eigenvalue weighted by Gasteiger charge is -2.15. The van der Waals surface area contributed by atoms with Gasteiger partial charge in [-0.3, -0.25) is 14.5 Å². The normalized spacial score (nSPS) is 14.0. The highest BCUT2D eigenvalue weighted by Crippen LogP contribution is 2.31. The maximum absolute atomic E-state index is 13.3. The summed E-state index contributed by atoms with van der Waals surface area (Å²) in [5.74, 6) is -0.0858. The van der Waals surface area contributed by atoms with Crippen LogP contribution in [0.1, 0.15) is 25.8 Å². The molecule has 0 atom stereocenters. The molecule has 2 aromatic rings. The minimum atomic E-state index is -0.416. The molecule has 2 aromatic carbocycles. The molecule has 31 heavy (non-hydrogen) atoms. The monoisotopic (exact) mass is 426 g/mol. The van der Waals surface area contributed by atoms with Gasteiger partial charge < -0.3 is 14.8 Å². The van der Waals surface area contributed by atoms with E-state index in [4.69, 9.17) is 9.47 Å². The van der Waals surface area contributed by atoms with Crippen molar-refractivity contribution in [2.45, 2.75) is 20.3 Å². The van der Waals surface area contributed by atoms with Gasteiger partial charge in [0.1, 0.15) is 17.3 Å². The van der Waals surface area contributed by atoms with E-state index in [1.54, 1.807) is 31.4 Å². The molecule has 0 saturated heterocycles. The first-order valence-electron chi connectivity index (χ1n) is 10.3. The summed E-state index contributed by atoms with van der Waals surface area (Å²) in [6.45, 7) is 5.40. The second-order valence-corrected chi connectivity index (χ2v) is 7.72. The highest BCUT2D eigenvalue weighted by Gasteiger charge is 2.38. The summed E-state index contributed by atoms with van der Waals surface area (Å²) in [5, 5.41) is 3.01. The van der Waals surface area contributed by atoms with Gasteiger partial charge >= 0.3 is 0 Å². The molecular formula is C24H27FN2O4. The van der Waals surface area contributed by atoms with Crippen molar-refractivity contribution < 1.29 is 23.5 Å². The van der Waals surface area contributed by atoms with Gasteiger partial charge in [0.25, 0.3) is 11.8 Å². The topological polar surface area (TPSA) is 67.9 Å². The summed E-state index contributed by atoms with van der Waals surface area (Å²) in [6.07, 6.45) is 0.535. The molecule has 0 saturated carbocycles. The van der Waals surface area contributed by atoms with Crippen LogP contribution in [0.5, 0.6) is 5.75 Å². The van der Waals surface area contributed by atoms with Crippen molar-refractivity contribution in [3.05, 3.63) is 65.6 Å². The zero-order chi connectivity index (χ0) is 22.4. The summed E-state index contributed by atoms with van der Waals surface area (Å²) in [6, 6.07) is 12.7. The zero-order valence-electron chi connectivity index (χ0n) is 18.0. The molecule has 0 bridgehead atoms. The number of imide groups is 1. The Morgan fingerprint density at radius 3 is 2.29 bits per heavy atom. The second-order valence-electron chi connectivity index (χ2n) is 7.72. The van der Waals surface area contributed by atoms with Crippen LogP contribution in [0, 0.1) is 11.7 Å². The molecule has 0 unspecified atom stereocenters. The number of rotatable bonds is 10. The summed E-state index contributed by atoms with van der Waals surface area (Å²) in [4.78, 5) is 27.4. The molecule has 6 nitrogen and oxygen atoms in total. The van der Waals surface area contributed by atoms with Crippen LogP contribution in [0.3, 0.4) is 0 Å². The number of halogens is 1. The summed E-state index contributed by atoms with van der Waals surface area (Å²) in [5.41, 5.74) is 1.58. The molecule has 1 N–H and O–H groups in total. The van der Waals surface area contributed by atoms with E-state index in [0.29, 0.717) is 42.6 Å². The fraction of sp³-hybridized carbons (Fsp3) is 0.333. The lowest BCUT2D eigenvalue weighted by molar-refractivity contribution is -0.136. The molecule has 0 radical (unpaired) electrons. The average Bonchev–Trinajstić information content (AvgIpc) is 2.98. The number of carbonyl (C=O) groups is 2. The van der Waals surface area contributed by atoms with E-state index >= 15 is 0 Å². The van der Waals surface area contributed by atoms with E-state index in [2.05, 4.69) is 19.2 Å². The van der Waals surface area contributed by atoms with Gasteiger partial charge in [-0.2, -0.15) is 0 Å². The van der Waals surface area contributed by atoms with Gasteiger partial charge in [0.15, 0.2) is 0 Å². The smallest absolute Gasteiger partial charge is 0.278 e. The van der Waals surface area contributed by atoms with Gasteiger partial charge in [-0.05, 0) is 54.3 Å². The molecule has 1 aliphatic rings. The zero-order valence-corrected chi connectivity index (χ0v) is 18.0. The predicted octanol–water partition coefficient (Wildman–Crippen LogP) is 4.09. The Labute approximate surface area is 181 Å². The number of benzene rings is 2. The molecule has 164 valence electrons. The molecule has 1 aliphatic heterocycles. The highest BCUT2D eigenvalue weighted by atomic mass is 19.1. The van der Waals surface area contributed by atoms with Crippen LogP contribution >= 0.6 is 0 Å². The third-order valence-corrected chi connectivity index (χ3v) is 4.74. The van der Waals surface area contributed by atoms with Crippen LogP contribution in [0.25, 0.3) is 5.57 Å². The number of nitrogens with zero attached hydrogens (tertiary/aromatic N) is 1. The van der Waals surface area contributed by atoms with Gasteiger partial charge in [-0.25, -0.2) is 4.39 Å². The number of hydrogen-bond donors (Lipinski definition) is 1. The predicted molar refractivity (Wildman–Crippen MR) is 117 cm³/mol. The largest absolute Gasteiger partial charge is 0.493 e. The van der Waals surface area contributed by atoms with E-state index in [1.165, 1.54) is 29.2 Å². The average molecular weight is 426 g/mol. The minimum Gasteiger partial charge on any atom is -0.493 e. The third kappa shape index (κ3) is 5.49. The Bertz CT molecular complexity index is 953. The Kier molecular flexibility index (Phi) is 7.41. The molecule has 0 aliphatic carbocycles. The van der Waals surface area contributed by atoms with E-state index in [-0.39, 0.29) is 29.5 Å². The van der Waals surface area contributed by atoms with E-state index in [1.807, 2.05) is 0 Å². The van der Waals surface area contributed by atoms with Gasteiger partial charge in [-0.15, -0.1) is 0 Å². The van der Waals surface area contributed by atoms with Crippen molar-refractivity contribution in [1.82, 2.24) is 4.90 Å². The number of amides is 2. The van der Waals surface area contributed by atoms with E-state index < -0.39 is 5.91 Å². The lowest BCUT2D eigenvalue weighted by atomic mass is 10.0. The third-order valence-electron chi connectivity index (χ3n) is 4.74. The van der Waals surface area contributed by atoms with Crippen LogP contribution in [0.15, 0.2) is 54.2 Å². The molecule has 2 amide bonds. The van der Waals surface area contributed by atoms with Gasteiger partial charge in [0, 0.05) is 25.9 Å². The van der Waals surface area contributed by atoms with Crippen molar-refractivity contribution in [3.8, 4) is 5.75 Å². The molecule has 1 heterocycles. The molecule has 0 fully saturated rings. The van der Waals surface area contributed by atoms with Gasteiger partial charge in [-0.1, -0.05) is 26.0 Å². The molecule has 7 heteroatoms. The highest BCUT2D eigenvalue weighted by molar-refractivity contribution is 6.36. The first kappa shape index (κ1) is 22.5. The summed E-state index contributed by atoms with van der Waals surface area (Å²) in [7, 11) is 1.57. The number of nitrogens with one attached hydrogen (secondary N) is 1. The molecule has 3 rings (SSSR count). The van der Waals surface area contributed by atoms with Crippen molar-refractivity contribution in [1.29, 1.82) is 0 Å². The minimum absolute atomic E-state index is 0.171. The van der Waals surface area contributed by atoms with E-state index in [9.17, 15) is 14.0 Å². The Morgan fingerprint density at radius 2 is 1.68 bits per heavy atom. The standard InChI is InChI=1S/C24H27FN2O4/c1-16(2)15-31-20-11-5-17(6-12-20)21-22(26-19-9-7-18(25)8-10-19)24(29)27(23(21)28)13-4-14-30-3/h5-12,16,26H,4,13-15H2,1-3H3. The maximum atomic E-state index is 13.3. The quantitative estimate of drug-likeness (QED) is 0.458. The van der Waals surface area contributed by atoms with Crippen LogP contribution in [-0.2, 0) is 14.3 Å². The summed E-state index contributed by atoms with van der Waals surface area (Å²) >= 11 is 0. The number of hydrogen-bond acceptors (Lipinski definition) is 5. The van der Waals surface area contributed by atoms with E-state index in [0.717, 1.165) is 0 Å².